The topological polar surface area (TPSA) is 61.6 Å². The number of likely N-dealkylation sites (tertiary alicyclic amines) is 1. The fraction of sp³-hybridized carbons (Fsp3) is 0.533. The van der Waals surface area contributed by atoms with E-state index in [4.69, 9.17) is 5.73 Å². The Morgan fingerprint density at radius 2 is 2.33 bits per heavy atom. The van der Waals surface area contributed by atoms with Gasteiger partial charge in [0.25, 0.3) is 0 Å². The van der Waals surface area contributed by atoms with Crippen LogP contribution in [-0.4, -0.2) is 55.5 Å². The van der Waals surface area contributed by atoms with Gasteiger partial charge in [-0.05, 0) is 51.7 Å². The predicted octanol–water partition coefficient (Wildman–Crippen LogP) is 1.37. The maximum atomic E-state index is 13.0. The van der Waals surface area contributed by atoms with E-state index in [0.717, 1.165) is 25.9 Å². The number of anilines is 2. The highest BCUT2D eigenvalue weighted by atomic mass is 19.1. The van der Waals surface area contributed by atoms with E-state index in [-0.39, 0.29) is 11.6 Å². The van der Waals surface area contributed by atoms with Crippen LogP contribution in [-0.2, 0) is 4.79 Å². The minimum absolute atomic E-state index is 0.135. The van der Waals surface area contributed by atoms with Crippen molar-refractivity contribution in [1.29, 1.82) is 0 Å². The normalized spacial score (nSPS) is 19.7. The van der Waals surface area contributed by atoms with Gasteiger partial charge in [-0.25, -0.2) is 4.39 Å². The molecule has 0 aliphatic carbocycles. The van der Waals surface area contributed by atoms with Crippen LogP contribution < -0.4 is 11.1 Å². The zero-order chi connectivity index (χ0) is 15.4. The summed E-state index contributed by atoms with van der Waals surface area (Å²) in [5, 5.41) is 2.73. The first-order valence-corrected chi connectivity index (χ1v) is 7.19. The largest absolute Gasteiger partial charge is 0.397 e. The van der Waals surface area contributed by atoms with Crippen LogP contribution in [0.5, 0.6) is 0 Å². The third-order valence-electron chi connectivity index (χ3n) is 3.90. The molecule has 6 heteroatoms. The third-order valence-corrected chi connectivity index (χ3v) is 3.90. The van der Waals surface area contributed by atoms with E-state index in [0.29, 0.717) is 18.3 Å². The van der Waals surface area contributed by atoms with Crippen molar-refractivity contribution < 1.29 is 9.18 Å². The SMILES string of the molecule is CN1CCCC(N(C)CC(=O)Nc2ccc(F)cc2N)C1. The summed E-state index contributed by atoms with van der Waals surface area (Å²) < 4.78 is 13.0. The molecule has 0 spiro atoms. The summed E-state index contributed by atoms with van der Waals surface area (Å²) in [5.74, 6) is -0.545. The fourth-order valence-corrected chi connectivity index (χ4v) is 2.69. The van der Waals surface area contributed by atoms with E-state index in [1.165, 1.54) is 18.2 Å². The summed E-state index contributed by atoms with van der Waals surface area (Å²) in [4.78, 5) is 16.4. The summed E-state index contributed by atoms with van der Waals surface area (Å²) in [6, 6.07) is 4.36. The maximum absolute atomic E-state index is 13.0. The number of nitrogens with one attached hydrogen (secondary N) is 1. The number of nitrogen functional groups attached to an aromatic ring is 1. The van der Waals surface area contributed by atoms with Crippen molar-refractivity contribution in [2.45, 2.75) is 18.9 Å². The molecule has 116 valence electrons. The molecule has 1 saturated heterocycles. The summed E-state index contributed by atoms with van der Waals surface area (Å²) in [7, 11) is 4.05. The first-order valence-electron chi connectivity index (χ1n) is 7.19. The van der Waals surface area contributed by atoms with Crippen LogP contribution in [0, 0.1) is 5.82 Å². The van der Waals surface area contributed by atoms with Gasteiger partial charge in [0.1, 0.15) is 5.82 Å². The highest BCUT2D eigenvalue weighted by Gasteiger charge is 2.22. The number of likely N-dealkylation sites (N-methyl/N-ethyl adjacent to an activating group) is 2. The van der Waals surface area contributed by atoms with E-state index in [9.17, 15) is 9.18 Å². The van der Waals surface area contributed by atoms with Crippen LogP contribution in [0.3, 0.4) is 0 Å². The van der Waals surface area contributed by atoms with E-state index >= 15 is 0 Å². The second kappa shape index (κ2) is 6.87. The lowest BCUT2D eigenvalue weighted by molar-refractivity contribution is -0.117. The molecule has 1 unspecified atom stereocenters. The highest BCUT2D eigenvalue weighted by Crippen LogP contribution is 2.19. The Balaban J connectivity index is 1.89. The molecule has 1 aromatic carbocycles. The average Bonchev–Trinajstić information content (AvgIpc) is 2.42. The van der Waals surface area contributed by atoms with Gasteiger partial charge in [0, 0.05) is 12.6 Å². The Kier molecular flexibility index (Phi) is 5.14. The van der Waals surface area contributed by atoms with Gasteiger partial charge >= 0.3 is 0 Å². The molecule has 1 amide bonds. The first-order chi connectivity index (χ1) is 9.95. The standard InChI is InChI=1S/C15H23FN4O/c1-19-7-3-4-12(9-19)20(2)10-15(21)18-14-6-5-11(16)8-13(14)17/h5-6,8,12H,3-4,7,9-10,17H2,1-2H3,(H,18,21). The second-order valence-corrected chi connectivity index (χ2v) is 5.75. The molecule has 2 rings (SSSR count). The Bertz CT molecular complexity index is 508. The van der Waals surface area contributed by atoms with Crippen molar-refractivity contribution in [3.05, 3.63) is 24.0 Å². The quantitative estimate of drug-likeness (QED) is 0.824. The number of hydrogen-bond donors (Lipinski definition) is 2. The number of nitrogens with two attached hydrogens (primary N) is 1. The van der Waals surface area contributed by atoms with E-state index in [2.05, 4.69) is 22.2 Å². The van der Waals surface area contributed by atoms with E-state index < -0.39 is 5.82 Å². The van der Waals surface area contributed by atoms with Gasteiger partial charge in [-0.2, -0.15) is 0 Å². The molecule has 0 radical (unpaired) electrons. The molecule has 0 bridgehead atoms. The minimum atomic E-state index is -0.409. The van der Waals surface area contributed by atoms with Crippen LogP contribution >= 0.6 is 0 Å². The summed E-state index contributed by atoms with van der Waals surface area (Å²) >= 11 is 0. The monoisotopic (exact) mass is 294 g/mol. The Labute approximate surface area is 124 Å². The minimum Gasteiger partial charge on any atom is -0.397 e. The van der Waals surface area contributed by atoms with Gasteiger partial charge in [0.2, 0.25) is 5.91 Å². The maximum Gasteiger partial charge on any atom is 0.238 e. The Morgan fingerprint density at radius 1 is 1.57 bits per heavy atom. The molecule has 3 N–H and O–H groups in total. The number of carbonyl (C=O) groups is 1. The smallest absolute Gasteiger partial charge is 0.238 e. The molecular weight excluding hydrogens is 271 g/mol. The number of carbonyl (C=O) groups excluding carboxylic acids is 1. The van der Waals surface area contributed by atoms with Crippen molar-refractivity contribution in [2.75, 3.05) is 44.8 Å². The number of halogens is 1. The molecule has 1 aliphatic heterocycles. The zero-order valence-corrected chi connectivity index (χ0v) is 12.6. The van der Waals surface area contributed by atoms with Crippen LogP contribution in [0.2, 0.25) is 0 Å². The molecule has 21 heavy (non-hydrogen) atoms. The molecule has 1 heterocycles. The second-order valence-electron chi connectivity index (χ2n) is 5.75. The zero-order valence-electron chi connectivity index (χ0n) is 12.6. The molecule has 5 nitrogen and oxygen atoms in total. The van der Waals surface area contributed by atoms with Crippen LogP contribution in [0.4, 0.5) is 15.8 Å². The third kappa shape index (κ3) is 4.41. The summed E-state index contributed by atoms with van der Waals surface area (Å²) in [6.07, 6.45) is 2.25. The van der Waals surface area contributed by atoms with Gasteiger partial charge < -0.3 is 16.0 Å². The van der Waals surface area contributed by atoms with Gasteiger partial charge in [0.15, 0.2) is 0 Å². The van der Waals surface area contributed by atoms with Crippen molar-refractivity contribution in [1.82, 2.24) is 9.80 Å². The predicted molar refractivity (Wildman–Crippen MR) is 82.6 cm³/mol. The number of hydrogen-bond acceptors (Lipinski definition) is 4. The van der Waals surface area contributed by atoms with Crippen LogP contribution in [0.25, 0.3) is 0 Å². The van der Waals surface area contributed by atoms with Crippen LogP contribution in [0.1, 0.15) is 12.8 Å². The summed E-state index contributed by atoms with van der Waals surface area (Å²) in [6.45, 7) is 2.39. The van der Waals surface area contributed by atoms with Crippen molar-refractivity contribution in [3.8, 4) is 0 Å². The number of rotatable bonds is 4. The number of piperidine rings is 1. The van der Waals surface area contributed by atoms with Gasteiger partial charge in [-0.15, -0.1) is 0 Å². The van der Waals surface area contributed by atoms with Crippen molar-refractivity contribution >= 4 is 17.3 Å². The fourth-order valence-electron chi connectivity index (χ4n) is 2.69. The number of benzene rings is 1. The molecular formula is C15H23FN4O. The molecule has 1 fully saturated rings. The lowest BCUT2D eigenvalue weighted by Crippen LogP contribution is -2.47. The van der Waals surface area contributed by atoms with E-state index in [1.54, 1.807) is 0 Å². The molecule has 1 aliphatic rings. The van der Waals surface area contributed by atoms with Crippen molar-refractivity contribution in [2.24, 2.45) is 0 Å². The molecule has 0 saturated carbocycles. The van der Waals surface area contributed by atoms with Gasteiger partial charge in [-0.1, -0.05) is 0 Å². The first kappa shape index (κ1) is 15.7. The Hall–Kier alpha value is -1.66. The molecule has 1 atom stereocenters. The Morgan fingerprint density at radius 3 is 3.00 bits per heavy atom. The number of amides is 1. The van der Waals surface area contributed by atoms with E-state index in [1.807, 2.05) is 7.05 Å². The highest BCUT2D eigenvalue weighted by molar-refractivity contribution is 5.95. The average molecular weight is 294 g/mol. The van der Waals surface area contributed by atoms with Gasteiger partial charge in [-0.3, -0.25) is 9.69 Å². The lowest BCUT2D eigenvalue weighted by Gasteiger charge is -2.35. The molecule has 1 aromatic rings. The molecule has 0 aromatic heterocycles. The van der Waals surface area contributed by atoms with Crippen molar-refractivity contribution in [3.63, 3.8) is 0 Å². The summed E-state index contributed by atoms with van der Waals surface area (Å²) in [5.41, 5.74) is 6.38. The number of nitrogens with zero attached hydrogens (tertiary/aromatic N) is 2. The lowest BCUT2D eigenvalue weighted by atomic mass is 10.1. The van der Waals surface area contributed by atoms with Crippen LogP contribution in [0.15, 0.2) is 18.2 Å². The van der Waals surface area contributed by atoms with Gasteiger partial charge in [0.05, 0.1) is 17.9 Å².